The number of nitrogens with one attached hydrogen (secondary N) is 1. The molecule has 2 aromatic carbocycles. The Balaban J connectivity index is 1.82. The lowest BCUT2D eigenvalue weighted by atomic mass is 10.1. The summed E-state index contributed by atoms with van der Waals surface area (Å²) >= 11 is 0. The van der Waals surface area contributed by atoms with Crippen molar-refractivity contribution in [3.05, 3.63) is 64.5 Å². The Kier molecular flexibility index (Phi) is 5.40. The van der Waals surface area contributed by atoms with E-state index in [1.165, 1.54) is 9.80 Å². The molecule has 10 heteroatoms. The zero-order chi connectivity index (χ0) is 22.3. The van der Waals surface area contributed by atoms with E-state index in [1.54, 1.807) is 0 Å². The molecule has 1 atom stereocenters. The lowest BCUT2D eigenvalue weighted by Gasteiger charge is -2.38. The summed E-state index contributed by atoms with van der Waals surface area (Å²) in [6, 6.07) is 6.20. The lowest BCUT2D eigenvalue weighted by Crippen LogP contribution is -2.62. The van der Waals surface area contributed by atoms with Crippen molar-refractivity contribution in [1.82, 2.24) is 15.1 Å². The zero-order valence-corrected chi connectivity index (χ0v) is 16.9. The lowest BCUT2D eigenvalue weighted by molar-refractivity contribution is 0.199. The largest absolute Gasteiger partial charge is 0.395 e. The Labute approximate surface area is 176 Å². The summed E-state index contributed by atoms with van der Waals surface area (Å²) in [5.74, 6) is -3.87. The van der Waals surface area contributed by atoms with Gasteiger partial charge < -0.3 is 5.11 Å². The van der Waals surface area contributed by atoms with Gasteiger partial charge in [-0.15, -0.1) is 0 Å². The molecule has 0 bridgehead atoms. The molecule has 1 fully saturated rings. The average molecular weight is 431 g/mol. The number of aliphatic hydroxyl groups is 1. The summed E-state index contributed by atoms with van der Waals surface area (Å²) < 4.78 is 41.3. The van der Waals surface area contributed by atoms with Gasteiger partial charge in [0.05, 0.1) is 31.4 Å². The van der Waals surface area contributed by atoms with Gasteiger partial charge in [-0.1, -0.05) is 12.1 Å². The van der Waals surface area contributed by atoms with E-state index in [0.29, 0.717) is 5.69 Å². The second kappa shape index (κ2) is 8.03. The fourth-order valence-corrected chi connectivity index (χ4v) is 3.60. The van der Waals surface area contributed by atoms with E-state index >= 15 is 0 Å². The highest BCUT2D eigenvalue weighted by molar-refractivity contribution is 6.16. The molecule has 0 spiro atoms. The van der Waals surface area contributed by atoms with Crippen molar-refractivity contribution >= 4 is 23.6 Å². The van der Waals surface area contributed by atoms with E-state index in [0.717, 1.165) is 23.3 Å². The van der Waals surface area contributed by atoms with Crippen LogP contribution in [0.3, 0.4) is 0 Å². The number of halogens is 3. The van der Waals surface area contributed by atoms with Gasteiger partial charge in [0.25, 0.3) is 0 Å². The first-order valence-electron chi connectivity index (χ1n) is 9.63. The van der Waals surface area contributed by atoms with Crippen LogP contribution in [0.15, 0.2) is 40.3 Å². The minimum atomic E-state index is -1.55. The monoisotopic (exact) mass is 431 g/mol. The molecular formula is C21H20F3N5O2. The summed E-state index contributed by atoms with van der Waals surface area (Å²) in [4.78, 5) is 24.3. The van der Waals surface area contributed by atoms with Crippen molar-refractivity contribution < 1.29 is 23.1 Å². The van der Waals surface area contributed by atoms with Gasteiger partial charge >= 0.3 is 6.03 Å². The number of amides is 2. The Morgan fingerprint density at radius 1 is 1.19 bits per heavy atom. The molecule has 0 aliphatic carbocycles. The molecule has 162 valence electrons. The number of nitrogens with zero attached hydrogens (tertiary/aromatic N) is 4. The molecule has 2 N–H and O–H groups in total. The summed E-state index contributed by atoms with van der Waals surface area (Å²) in [6.45, 7) is 3.48. The van der Waals surface area contributed by atoms with Gasteiger partial charge in [-0.2, -0.15) is 0 Å². The Bertz CT molecular complexity index is 1100. The molecule has 2 aromatic rings. The first-order chi connectivity index (χ1) is 14.8. The van der Waals surface area contributed by atoms with Crippen LogP contribution in [0.5, 0.6) is 0 Å². The summed E-state index contributed by atoms with van der Waals surface area (Å²) in [6.07, 6.45) is 0. The van der Waals surface area contributed by atoms with Crippen molar-refractivity contribution in [3.63, 3.8) is 0 Å². The van der Waals surface area contributed by atoms with E-state index in [1.807, 2.05) is 32.0 Å². The van der Waals surface area contributed by atoms with E-state index in [9.17, 15) is 23.1 Å². The zero-order valence-electron chi connectivity index (χ0n) is 16.9. The van der Waals surface area contributed by atoms with Crippen LogP contribution in [0.2, 0.25) is 0 Å². The number of guanidine groups is 2. The van der Waals surface area contributed by atoms with Gasteiger partial charge in [0.2, 0.25) is 11.9 Å². The highest BCUT2D eigenvalue weighted by atomic mass is 19.2. The Hall–Kier alpha value is -3.40. The second-order valence-corrected chi connectivity index (χ2v) is 7.36. The summed E-state index contributed by atoms with van der Waals surface area (Å²) in [7, 11) is 0. The maximum atomic E-state index is 13.9. The average Bonchev–Trinajstić information content (AvgIpc) is 3.16. The number of hydrogen-bond donors (Lipinski definition) is 2. The number of fused-ring (bicyclic) bond motifs is 1. The number of urea groups is 1. The number of rotatable bonds is 4. The Morgan fingerprint density at radius 2 is 1.90 bits per heavy atom. The minimum absolute atomic E-state index is 0.0310. The van der Waals surface area contributed by atoms with Crippen LogP contribution in [0.1, 0.15) is 22.7 Å². The second-order valence-electron chi connectivity index (χ2n) is 7.36. The van der Waals surface area contributed by atoms with E-state index in [4.69, 9.17) is 0 Å². The molecule has 7 nitrogen and oxygen atoms in total. The summed E-state index contributed by atoms with van der Waals surface area (Å²) in [5.41, 5.74) is 2.57. The standard InChI is InChI=1S/C21H20F3N5O2/c1-11-3-4-12(2)16(7-11)26-19-27-21(31)28(5-6-30)20-25-10-17(29(19)20)13-8-14(22)18(24)15(23)9-13/h3-4,7-9,17,30H,5-6,10H2,1-2H3,(H,26,27,31). The van der Waals surface area contributed by atoms with E-state index in [2.05, 4.69) is 15.3 Å². The predicted molar refractivity (Wildman–Crippen MR) is 109 cm³/mol. The SMILES string of the molecule is Cc1ccc(C)c(N=C2NC(=O)N(CCO)C3=NCC(c4cc(F)c(F)c(F)c4)N23)c1. The van der Waals surface area contributed by atoms with Gasteiger partial charge in [-0.3, -0.25) is 15.1 Å². The smallest absolute Gasteiger partial charge is 0.331 e. The van der Waals surface area contributed by atoms with E-state index < -0.39 is 29.5 Å². The van der Waals surface area contributed by atoms with Gasteiger partial charge in [-0.25, -0.2) is 28.0 Å². The number of aryl methyl sites for hydroxylation is 2. The molecule has 2 aliphatic heterocycles. The number of aliphatic hydroxyl groups excluding tert-OH is 1. The molecule has 1 unspecified atom stereocenters. The van der Waals surface area contributed by atoms with Crippen LogP contribution in [-0.2, 0) is 0 Å². The van der Waals surface area contributed by atoms with Crippen LogP contribution in [-0.4, -0.2) is 52.6 Å². The highest BCUT2D eigenvalue weighted by Gasteiger charge is 2.43. The number of β-amino-alcohol motifs (C(OH)–C–C–N with tert-alkyl or cyclic N) is 1. The van der Waals surface area contributed by atoms with Crippen molar-refractivity contribution in [2.24, 2.45) is 9.98 Å². The summed E-state index contributed by atoms with van der Waals surface area (Å²) in [5, 5.41) is 12.0. The first kappa shape index (κ1) is 20.9. The molecule has 4 rings (SSSR count). The third kappa shape index (κ3) is 3.74. The van der Waals surface area contributed by atoms with E-state index in [-0.39, 0.29) is 37.2 Å². The fraction of sp³-hybridized carbons (Fsp3) is 0.286. The number of hydrogen-bond acceptors (Lipinski definition) is 4. The van der Waals surface area contributed by atoms with Crippen molar-refractivity contribution in [3.8, 4) is 0 Å². The number of carbonyl (C=O) groups excluding carboxylic acids is 1. The van der Waals surface area contributed by atoms with Crippen LogP contribution in [0.4, 0.5) is 23.7 Å². The molecule has 31 heavy (non-hydrogen) atoms. The first-order valence-corrected chi connectivity index (χ1v) is 9.63. The molecule has 2 amide bonds. The van der Waals surface area contributed by atoms with Crippen molar-refractivity contribution in [2.75, 3.05) is 19.7 Å². The third-order valence-electron chi connectivity index (χ3n) is 5.17. The quantitative estimate of drug-likeness (QED) is 0.730. The number of aliphatic imine (C=N–C) groups is 2. The fourth-order valence-electron chi connectivity index (χ4n) is 3.60. The van der Waals surface area contributed by atoms with Gasteiger partial charge in [0.15, 0.2) is 17.5 Å². The van der Waals surface area contributed by atoms with Crippen LogP contribution in [0, 0.1) is 31.3 Å². The minimum Gasteiger partial charge on any atom is -0.395 e. The maximum absolute atomic E-state index is 13.9. The molecule has 2 heterocycles. The number of carbonyl (C=O) groups is 1. The third-order valence-corrected chi connectivity index (χ3v) is 5.17. The maximum Gasteiger partial charge on any atom is 0.331 e. The van der Waals surface area contributed by atoms with Gasteiger partial charge in [0.1, 0.15) is 0 Å². The molecule has 0 saturated carbocycles. The molecule has 2 aliphatic rings. The Morgan fingerprint density at radius 3 is 2.58 bits per heavy atom. The normalized spacial score (nSPS) is 19.5. The van der Waals surface area contributed by atoms with Crippen LogP contribution < -0.4 is 5.32 Å². The van der Waals surface area contributed by atoms with Gasteiger partial charge in [-0.05, 0) is 48.7 Å². The van der Waals surface area contributed by atoms with Crippen molar-refractivity contribution in [2.45, 2.75) is 19.9 Å². The van der Waals surface area contributed by atoms with Crippen molar-refractivity contribution in [1.29, 1.82) is 0 Å². The van der Waals surface area contributed by atoms with Crippen LogP contribution in [0.25, 0.3) is 0 Å². The highest BCUT2D eigenvalue weighted by Crippen LogP contribution is 2.32. The van der Waals surface area contributed by atoms with Crippen LogP contribution >= 0.6 is 0 Å². The molecular weight excluding hydrogens is 411 g/mol. The topological polar surface area (TPSA) is 80.5 Å². The molecule has 0 radical (unpaired) electrons. The van der Waals surface area contributed by atoms with Gasteiger partial charge in [0, 0.05) is 0 Å². The number of benzene rings is 2. The molecule has 1 saturated heterocycles. The predicted octanol–water partition coefficient (Wildman–Crippen LogP) is 3.14. The molecule has 0 aromatic heterocycles.